The Morgan fingerprint density at radius 2 is 2.23 bits per heavy atom. The summed E-state index contributed by atoms with van der Waals surface area (Å²) >= 11 is 0. The van der Waals surface area contributed by atoms with Crippen LogP contribution in [0.1, 0.15) is 25.8 Å². The first-order valence-corrected chi connectivity index (χ1v) is 4.62. The lowest BCUT2D eigenvalue weighted by atomic mass is 10.2. The normalized spacial score (nSPS) is 12.5. The van der Waals surface area contributed by atoms with Crippen molar-refractivity contribution in [3.8, 4) is 5.75 Å². The standard InChI is InChI=1S/C11H16O2/c1-3-9(2)13-11-6-4-5-10(7-11)8-12/h4-7,9,12H,3,8H2,1-2H3/t9-/m0/s1. The van der Waals surface area contributed by atoms with Gasteiger partial charge in [0.2, 0.25) is 0 Å². The summed E-state index contributed by atoms with van der Waals surface area (Å²) < 4.78 is 5.59. The van der Waals surface area contributed by atoms with Crippen LogP contribution in [0.2, 0.25) is 0 Å². The molecule has 0 saturated carbocycles. The maximum atomic E-state index is 8.90. The molecule has 1 atom stereocenters. The van der Waals surface area contributed by atoms with E-state index in [2.05, 4.69) is 6.92 Å². The minimum absolute atomic E-state index is 0.0672. The second-order valence-electron chi connectivity index (χ2n) is 3.14. The van der Waals surface area contributed by atoms with Gasteiger partial charge in [0, 0.05) is 0 Å². The van der Waals surface area contributed by atoms with Crippen molar-refractivity contribution >= 4 is 0 Å². The van der Waals surface area contributed by atoms with Gasteiger partial charge in [0.1, 0.15) is 5.75 Å². The van der Waals surface area contributed by atoms with Crippen LogP contribution < -0.4 is 4.74 Å². The highest BCUT2D eigenvalue weighted by molar-refractivity contribution is 5.28. The highest BCUT2D eigenvalue weighted by Crippen LogP contribution is 2.15. The van der Waals surface area contributed by atoms with Crippen LogP contribution in [-0.2, 0) is 6.61 Å². The van der Waals surface area contributed by atoms with E-state index in [1.165, 1.54) is 0 Å². The summed E-state index contributed by atoms with van der Waals surface area (Å²) in [6.07, 6.45) is 1.22. The largest absolute Gasteiger partial charge is 0.491 e. The van der Waals surface area contributed by atoms with E-state index >= 15 is 0 Å². The third-order valence-electron chi connectivity index (χ3n) is 1.99. The van der Waals surface area contributed by atoms with Crippen molar-refractivity contribution in [2.75, 3.05) is 0 Å². The second-order valence-corrected chi connectivity index (χ2v) is 3.14. The topological polar surface area (TPSA) is 29.5 Å². The quantitative estimate of drug-likeness (QED) is 0.770. The first-order chi connectivity index (χ1) is 6.26. The molecular weight excluding hydrogens is 164 g/mol. The molecule has 1 aromatic rings. The SMILES string of the molecule is CC[C@H](C)Oc1cccc(CO)c1. The average Bonchev–Trinajstić information content (AvgIpc) is 2.18. The number of benzene rings is 1. The van der Waals surface area contributed by atoms with Gasteiger partial charge >= 0.3 is 0 Å². The zero-order valence-electron chi connectivity index (χ0n) is 8.16. The molecule has 0 aromatic heterocycles. The highest BCUT2D eigenvalue weighted by Gasteiger charge is 2.00. The molecule has 0 unspecified atom stereocenters. The van der Waals surface area contributed by atoms with Gasteiger partial charge in [-0.15, -0.1) is 0 Å². The molecular formula is C11H16O2. The van der Waals surface area contributed by atoms with E-state index < -0.39 is 0 Å². The number of rotatable bonds is 4. The summed E-state index contributed by atoms with van der Waals surface area (Å²) in [5, 5.41) is 8.90. The van der Waals surface area contributed by atoms with Crippen molar-refractivity contribution in [1.29, 1.82) is 0 Å². The maximum absolute atomic E-state index is 8.90. The van der Waals surface area contributed by atoms with Gasteiger partial charge < -0.3 is 9.84 Å². The summed E-state index contributed by atoms with van der Waals surface area (Å²) in [4.78, 5) is 0. The van der Waals surface area contributed by atoms with Gasteiger partial charge in [-0.3, -0.25) is 0 Å². The fourth-order valence-electron chi connectivity index (χ4n) is 1.03. The van der Waals surface area contributed by atoms with Gasteiger partial charge in [0.15, 0.2) is 0 Å². The van der Waals surface area contributed by atoms with Crippen molar-refractivity contribution in [2.45, 2.75) is 33.0 Å². The van der Waals surface area contributed by atoms with Crippen LogP contribution in [0.25, 0.3) is 0 Å². The molecule has 2 heteroatoms. The molecule has 0 amide bonds. The summed E-state index contributed by atoms with van der Waals surface area (Å²) in [6, 6.07) is 7.55. The van der Waals surface area contributed by atoms with Crippen LogP contribution in [0.15, 0.2) is 24.3 Å². The Morgan fingerprint density at radius 1 is 1.46 bits per heavy atom. The van der Waals surface area contributed by atoms with Crippen LogP contribution in [0, 0.1) is 0 Å². The predicted octanol–water partition coefficient (Wildman–Crippen LogP) is 2.36. The van der Waals surface area contributed by atoms with E-state index in [-0.39, 0.29) is 12.7 Å². The molecule has 1 N–H and O–H groups in total. The lowest BCUT2D eigenvalue weighted by molar-refractivity contribution is 0.216. The second kappa shape index (κ2) is 4.87. The van der Waals surface area contributed by atoms with Gasteiger partial charge in [-0.2, -0.15) is 0 Å². The summed E-state index contributed by atoms with van der Waals surface area (Å²) in [5.74, 6) is 0.834. The number of hydrogen-bond donors (Lipinski definition) is 1. The molecule has 0 aliphatic heterocycles. The molecule has 0 aliphatic carbocycles. The molecule has 0 radical (unpaired) electrons. The lowest BCUT2D eigenvalue weighted by Gasteiger charge is -2.12. The van der Waals surface area contributed by atoms with Gasteiger partial charge in [-0.1, -0.05) is 19.1 Å². The Kier molecular flexibility index (Phi) is 3.77. The van der Waals surface area contributed by atoms with E-state index in [0.29, 0.717) is 0 Å². The molecule has 72 valence electrons. The molecule has 13 heavy (non-hydrogen) atoms. The van der Waals surface area contributed by atoms with E-state index in [4.69, 9.17) is 9.84 Å². The fourth-order valence-corrected chi connectivity index (χ4v) is 1.03. The molecule has 1 aromatic carbocycles. The van der Waals surface area contributed by atoms with Crippen LogP contribution in [0.4, 0.5) is 0 Å². The monoisotopic (exact) mass is 180 g/mol. The molecule has 0 saturated heterocycles. The lowest BCUT2D eigenvalue weighted by Crippen LogP contribution is -2.09. The molecule has 1 rings (SSSR count). The Balaban J connectivity index is 2.66. The predicted molar refractivity (Wildman–Crippen MR) is 52.7 cm³/mol. The first kappa shape index (κ1) is 10.1. The summed E-state index contributed by atoms with van der Waals surface area (Å²) in [7, 11) is 0. The minimum Gasteiger partial charge on any atom is -0.491 e. The number of aliphatic hydroxyl groups excluding tert-OH is 1. The van der Waals surface area contributed by atoms with Crippen LogP contribution in [0.3, 0.4) is 0 Å². The van der Waals surface area contributed by atoms with E-state index in [0.717, 1.165) is 17.7 Å². The third kappa shape index (κ3) is 3.07. The molecule has 0 aliphatic rings. The van der Waals surface area contributed by atoms with Crippen molar-refractivity contribution in [2.24, 2.45) is 0 Å². The van der Waals surface area contributed by atoms with Crippen molar-refractivity contribution in [3.63, 3.8) is 0 Å². The van der Waals surface area contributed by atoms with Crippen LogP contribution >= 0.6 is 0 Å². The van der Waals surface area contributed by atoms with Crippen LogP contribution in [0.5, 0.6) is 5.75 Å². The number of ether oxygens (including phenoxy) is 1. The minimum atomic E-state index is 0.0672. The summed E-state index contributed by atoms with van der Waals surface area (Å²) in [5.41, 5.74) is 0.890. The van der Waals surface area contributed by atoms with E-state index in [1.807, 2.05) is 31.2 Å². The average molecular weight is 180 g/mol. The summed E-state index contributed by atoms with van der Waals surface area (Å²) in [6.45, 7) is 4.18. The molecule has 0 bridgehead atoms. The first-order valence-electron chi connectivity index (χ1n) is 4.62. The molecule has 0 fully saturated rings. The van der Waals surface area contributed by atoms with Gasteiger partial charge in [-0.25, -0.2) is 0 Å². The van der Waals surface area contributed by atoms with E-state index in [1.54, 1.807) is 0 Å². The highest BCUT2D eigenvalue weighted by atomic mass is 16.5. The van der Waals surface area contributed by atoms with E-state index in [9.17, 15) is 0 Å². The molecule has 0 heterocycles. The van der Waals surface area contributed by atoms with Crippen molar-refractivity contribution in [3.05, 3.63) is 29.8 Å². The molecule has 0 spiro atoms. The van der Waals surface area contributed by atoms with Gasteiger partial charge in [0.25, 0.3) is 0 Å². The number of hydrogen-bond acceptors (Lipinski definition) is 2. The van der Waals surface area contributed by atoms with Crippen molar-refractivity contribution < 1.29 is 9.84 Å². The van der Waals surface area contributed by atoms with Crippen LogP contribution in [-0.4, -0.2) is 11.2 Å². The molecule has 2 nitrogen and oxygen atoms in total. The van der Waals surface area contributed by atoms with Gasteiger partial charge in [-0.05, 0) is 31.0 Å². The van der Waals surface area contributed by atoms with Gasteiger partial charge in [0.05, 0.1) is 12.7 Å². The smallest absolute Gasteiger partial charge is 0.120 e. The third-order valence-corrected chi connectivity index (χ3v) is 1.99. The van der Waals surface area contributed by atoms with Crippen molar-refractivity contribution in [1.82, 2.24) is 0 Å². The number of aliphatic hydroxyl groups is 1. The Morgan fingerprint density at radius 3 is 2.85 bits per heavy atom. The zero-order valence-corrected chi connectivity index (χ0v) is 8.16. The fraction of sp³-hybridized carbons (Fsp3) is 0.455. The maximum Gasteiger partial charge on any atom is 0.120 e. The zero-order chi connectivity index (χ0) is 9.68. The Labute approximate surface area is 79.2 Å². The Hall–Kier alpha value is -1.02. The Bertz CT molecular complexity index is 258.